The zero-order chi connectivity index (χ0) is 13.7. The van der Waals surface area contributed by atoms with E-state index in [1.165, 1.54) is 19.3 Å². The van der Waals surface area contributed by atoms with Crippen LogP contribution in [0.15, 0.2) is 5.10 Å². The number of rotatable bonds is 2. The first-order valence-electron chi connectivity index (χ1n) is 7.27. The zero-order valence-corrected chi connectivity index (χ0v) is 11.8. The van der Waals surface area contributed by atoms with Crippen molar-refractivity contribution < 1.29 is 9.59 Å². The van der Waals surface area contributed by atoms with Crippen LogP contribution >= 0.6 is 0 Å². The first kappa shape index (κ1) is 12.8. The fraction of sp³-hybridized carbons (Fsp3) is 0.800. The Balaban J connectivity index is 1.57. The molecule has 4 heteroatoms. The van der Waals surface area contributed by atoms with E-state index < -0.39 is 0 Å². The smallest absolute Gasteiger partial charge is 0.243 e. The van der Waals surface area contributed by atoms with Gasteiger partial charge in [0.05, 0.1) is 0 Å². The summed E-state index contributed by atoms with van der Waals surface area (Å²) in [5.41, 5.74) is 3.84. The van der Waals surface area contributed by atoms with Gasteiger partial charge in [-0.15, -0.1) is 0 Å². The quantitative estimate of drug-likeness (QED) is 0.777. The molecule has 4 nitrogen and oxygen atoms in total. The summed E-state index contributed by atoms with van der Waals surface area (Å²) in [6.45, 7) is 4.15. The van der Waals surface area contributed by atoms with Crippen LogP contribution < -0.4 is 5.43 Å². The highest BCUT2D eigenvalue weighted by molar-refractivity contribution is 6.05. The summed E-state index contributed by atoms with van der Waals surface area (Å²) >= 11 is 0. The lowest BCUT2D eigenvalue weighted by Gasteiger charge is -2.29. The highest BCUT2D eigenvalue weighted by Gasteiger charge is 2.60. The average Bonchev–Trinajstić information content (AvgIpc) is 2.98. The Kier molecular flexibility index (Phi) is 2.80. The lowest BCUT2D eigenvalue weighted by Crippen LogP contribution is -2.32. The second kappa shape index (κ2) is 4.15. The highest BCUT2D eigenvalue weighted by Crippen LogP contribution is 2.65. The number of hydrazone groups is 1. The molecule has 3 aliphatic carbocycles. The molecular weight excluding hydrogens is 240 g/mol. The van der Waals surface area contributed by atoms with Gasteiger partial charge >= 0.3 is 0 Å². The molecule has 0 aromatic heterocycles. The van der Waals surface area contributed by atoms with Gasteiger partial charge in [0.25, 0.3) is 0 Å². The van der Waals surface area contributed by atoms with Crippen molar-refractivity contribution in [3.8, 4) is 0 Å². The Morgan fingerprint density at radius 3 is 2.58 bits per heavy atom. The van der Waals surface area contributed by atoms with E-state index in [1.54, 1.807) is 0 Å². The number of hydrogen-bond donors (Lipinski definition) is 1. The SMILES string of the molecule is CC1(C)CC(=O)C/C(=N/NC(=O)[C@H]2CC23CCC3)C1. The maximum absolute atomic E-state index is 12.0. The van der Waals surface area contributed by atoms with Crippen molar-refractivity contribution in [1.82, 2.24) is 5.43 Å². The summed E-state index contributed by atoms with van der Waals surface area (Å²) in [4.78, 5) is 23.6. The van der Waals surface area contributed by atoms with Crippen LogP contribution in [0.2, 0.25) is 0 Å². The second-order valence-corrected chi connectivity index (χ2v) is 7.36. The number of nitrogens with zero attached hydrogens (tertiary/aromatic N) is 1. The van der Waals surface area contributed by atoms with E-state index in [9.17, 15) is 9.59 Å². The van der Waals surface area contributed by atoms with Crippen molar-refractivity contribution in [2.75, 3.05) is 0 Å². The lowest BCUT2D eigenvalue weighted by molar-refractivity contribution is -0.124. The molecule has 3 fully saturated rings. The fourth-order valence-electron chi connectivity index (χ4n) is 3.69. The molecule has 0 heterocycles. The fourth-order valence-corrected chi connectivity index (χ4v) is 3.69. The van der Waals surface area contributed by atoms with E-state index in [4.69, 9.17) is 0 Å². The Hall–Kier alpha value is -1.19. The van der Waals surface area contributed by atoms with Crippen molar-refractivity contribution >= 4 is 17.4 Å². The third kappa shape index (κ3) is 2.45. The van der Waals surface area contributed by atoms with Gasteiger partial charge in [0, 0.05) is 24.5 Å². The number of ketones is 1. The summed E-state index contributed by atoms with van der Waals surface area (Å²) in [5.74, 6) is 0.465. The van der Waals surface area contributed by atoms with Crippen molar-refractivity contribution in [3.63, 3.8) is 0 Å². The highest BCUT2D eigenvalue weighted by atomic mass is 16.2. The van der Waals surface area contributed by atoms with E-state index in [-0.39, 0.29) is 23.0 Å². The van der Waals surface area contributed by atoms with Crippen LogP contribution in [-0.2, 0) is 9.59 Å². The van der Waals surface area contributed by atoms with Gasteiger partial charge in [-0.3, -0.25) is 9.59 Å². The summed E-state index contributed by atoms with van der Waals surface area (Å²) in [5, 5.41) is 4.21. The molecule has 0 unspecified atom stereocenters. The van der Waals surface area contributed by atoms with Crippen molar-refractivity contribution in [2.24, 2.45) is 21.8 Å². The molecule has 1 spiro atoms. The van der Waals surface area contributed by atoms with Gasteiger partial charge in [-0.1, -0.05) is 20.3 Å². The Bertz CT molecular complexity index is 461. The lowest BCUT2D eigenvalue weighted by atomic mass is 9.76. The van der Waals surface area contributed by atoms with Gasteiger partial charge < -0.3 is 0 Å². The molecule has 0 saturated heterocycles. The van der Waals surface area contributed by atoms with E-state index in [0.29, 0.717) is 18.3 Å². The first-order chi connectivity index (χ1) is 8.90. The standard InChI is InChI=1S/C15H22N2O2/c1-14(2)7-10(6-11(18)8-14)16-17-13(19)12-9-15(12)4-3-5-15/h12H,3-9H2,1-2H3,(H,17,19)/b16-10-/t12-/m1/s1. The van der Waals surface area contributed by atoms with Gasteiger partial charge in [0.2, 0.25) is 5.91 Å². The third-order valence-corrected chi connectivity index (χ3v) is 4.94. The van der Waals surface area contributed by atoms with E-state index in [2.05, 4.69) is 24.4 Å². The summed E-state index contributed by atoms with van der Waals surface area (Å²) in [6.07, 6.45) is 6.52. The summed E-state index contributed by atoms with van der Waals surface area (Å²) in [6, 6.07) is 0. The van der Waals surface area contributed by atoms with Crippen LogP contribution in [0.1, 0.15) is 58.8 Å². The van der Waals surface area contributed by atoms with Crippen LogP contribution in [0, 0.1) is 16.7 Å². The molecule has 3 rings (SSSR count). The van der Waals surface area contributed by atoms with E-state index >= 15 is 0 Å². The molecule has 0 aromatic carbocycles. The predicted octanol–water partition coefficient (Wildman–Crippen LogP) is 2.43. The number of amides is 1. The predicted molar refractivity (Wildman–Crippen MR) is 72.6 cm³/mol. The van der Waals surface area contributed by atoms with Crippen LogP contribution in [0.25, 0.3) is 0 Å². The molecule has 0 aliphatic heterocycles. The Morgan fingerprint density at radius 1 is 1.32 bits per heavy atom. The molecule has 1 atom stereocenters. The molecule has 3 saturated carbocycles. The summed E-state index contributed by atoms with van der Waals surface area (Å²) < 4.78 is 0. The normalized spacial score (nSPS) is 33.1. The maximum atomic E-state index is 12.0. The number of nitrogens with one attached hydrogen (secondary N) is 1. The number of hydrogen-bond acceptors (Lipinski definition) is 3. The van der Waals surface area contributed by atoms with Crippen LogP contribution in [-0.4, -0.2) is 17.4 Å². The summed E-state index contributed by atoms with van der Waals surface area (Å²) in [7, 11) is 0. The van der Waals surface area contributed by atoms with Gasteiger partial charge in [-0.2, -0.15) is 5.10 Å². The minimum Gasteiger partial charge on any atom is -0.299 e. The molecule has 3 aliphatic rings. The van der Waals surface area contributed by atoms with E-state index in [1.807, 2.05) is 0 Å². The van der Waals surface area contributed by atoms with E-state index in [0.717, 1.165) is 18.6 Å². The first-order valence-corrected chi connectivity index (χ1v) is 7.27. The molecule has 19 heavy (non-hydrogen) atoms. The van der Waals surface area contributed by atoms with Crippen molar-refractivity contribution in [1.29, 1.82) is 0 Å². The van der Waals surface area contributed by atoms with Gasteiger partial charge in [0.15, 0.2) is 0 Å². The number of carbonyl (C=O) groups excluding carboxylic acids is 2. The largest absolute Gasteiger partial charge is 0.299 e. The number of carbonyl (C=O) groups is 2. The second-order valence-electron chi connectivity index (χ2n) is 7.36. The topological polar surface area (TPSA) is 58.5 Å². The van der Waals surface area contributed by atoms with Gasteiger partial charge in [-0.25, -0.2) is 5.43 Å². The Morgan fingerprint density at radius 2 is 2.05 bits per heavy atom. The Labute approximate surface area is 114 Å². The number of Topliss-reactive ketones (excluding diaryl/α,β-unsaturated/α-hetero) is 1. The van der Waals surface area contributed by atoms with Crippen LogP contribution in [0.3, 0.4) is 0 Å². The molecule has 0 aromatic rings. The molecule has 0 radical (unpaired) electrons. The van der Waals surface area contributed by atoms with Crippen molar-refractivity contribution in [3.05, 3.63) is 0 Å². The van der Waals surface area contributed by atoms with Crippen LogP contribution in [0.5, 0.6) is 0 Å². The average molecular weight is 262 g/mol. The minimum absolute atomic E-state index is 0.0202. The molecule has 1 N–H and O–H groups in total. The van der Waals surface area contributed by atoms with Crippen LogP contribution in [0.4, 0.5) is 0 Å². The zero-order valence-electron chi connectivity index (χ0n) is 11.8. The molecule has 1 amide bonds. The monoisotopic (exact) mass is 262 g/mol. The van der Waals surface area contributed by atoms with Crippen molar-refractivity contribution in [2.45, 2.75) is 58.8 Å². The minimum atomic E-state index is -0.0202. The molecular formula is C15H22N2O2. The molecule has 104 valence electrons. The maximum Gasteiger partial charge on any atom is 0.243 e. The third-order valence-electron chi connectivity index (χ3n) is 4.94. The van der Waals surface area contributed by atoms with Gasteiger partial charge in [-0.05, 0) is 36.5 Å². The van der Waals surface area contributed by atoms with Gasteiger partial charge in [0.1, 0.15) is 5.78 Å². The molecule has 0 bridgehead atoms.